The predicted octanol–water partition coefficient (Wildman–Crippen LogP) is 11.9. The van der Waals surface area contributed by atoms with Crippen LogP contribution in [0.25, 0.3) is 44.8 Å². The molecule has 0 aromatic heterocycles. The lowest BCUT2D eigenvalue weighted by atomic mass is 10.1. The number of thiocarbonyl (C=S) groups is 2. The van der Waals surface area contributed by atoms with E-state index in [4.69, 9.17) is 45.5 Å². The third kappa shape index (κ3) is 13.0. The van der Waals surface area contributed by atoms with Gasteiger partial charge in [-0.05, 0) is 107 Å². The van der Waals surface area contributed by atoms with E-state index in [1.54, 1.807) is 103 Å². The van der Waals surface area contributed by atoms with Crippen LogP contribution in [0.2, 0.25) is 0 Å². The van der Waals surface area contributed by atoms with Gasteiger partial charge in [0, 0.05) is 37.8 Å². The molecule has 0 bridgehead atoms. The van der Waals surface area contributed by atoms with E-state index < -0.39 is 40.1 Å². The maximum absolute atomic E-state index is 12.7. The number of hydrogen-bond donors (Lipinski definition) is 9. The highest BCUT2D eigenvalue weighted by Crippen LogP contribution is 2.41. The number of azo groups is 2. The molecule has 8 aromatic rings. The van der Waals surface area contributed by atoms with Crippen molar-refractivity contribution >= 4 is 156 Å². The first-order valence-electron chi connectivity index (χ1n) is 21.2. The fraction of sp³-hybridized carbons (Fsp3) is 0. The number of nitrogen functional groups attached to an aromatic ring is 1. The van der Waals surface area contributed by atoms with Gasteiger partial charge in [0.1, 0.15) is 26.1 Å². The number of nitrogens with two attached hydrogens (primary N) is 2. The fourth-order valence-corrected chi connectivity index (χ4v) is 10.5. The van der Waals surface area contributed by atoms with Crippen molar-refractivity contribution in [2.24, 2.45) is 26.2 Å². The van der Waals surface area contributed by atoms with Gasteiger partial charge >= 0.3 is 0 Å². The number of rotatable bonds is 16. The molecule has 0 unspecified atom stereocenters. The quantitative estimate of drug-likeness (QED) is 0.00634. The zero-order valence-corrected chi connectivity index (χ0v) is 42.9. The van der Waals surface area contributed by atoms with Crippen LogP contribution in [0.15, 0.2) is 186 Å². The molecule has 0 fully saturated rings. The second kappa shape index (κ2) is 22.5. The van der Waals surface area contributed by atoms with Gasteiger partial charge in [-0.1, -0.05) is 102 Å². The van der Waals surface area contributed by atoms with Crippen molar-refractivity contribution < 1.29 is 53.5 Å². The number of fused-ring (bicyclic) bond motifs is 2. The van der Waals surface area contributed by atoms with Crippen LogP contribution < -0.4 is 27.4 Å². The highest BCUT2D eigenvalue weighted by Gasteiger charge is 2.22. The molecule has 0 spiro atoms. The molecule has 0 aliphatic heterocycles. The highest BCUT2D eigenvalue weighted by molar-refractivity contribution is 7.94. The zero-order chi connectivity index (χ0) is 53.7. The monoisotopic (exact) mass is 1120 g/mol. The van der Waals surface area contributed by atoms with Crippen LogP contribution >= 0.6 is 36.5 Å². The average molecular weight is 1120 g/mol. The predicted molar refractivity (Wildman–Crippen MR) is 295 cm³/mol. The summed E-state index contributed by atoms with van der Waals surface area (Å²) in [7, 11) is -14.1. The summed E-state index contributed by atoms with van der Waals surface area (Å²) >= 11 is 11.1. The van der Waals surface area contributed by atoms with Crippen LogP contribution in [-0.2, 0) is 39.7 Å². The van der Waals surface area contributed by atoms with Crippen molar-refractivity contribution in [3.05, 3.63) is 157 Å². The van der Waals surface area contributed by atoms with Crippen LogP contribution in [0.1, 0.15) is 11.1 Å². The van der Waals surface area contributed by atoms with E-state index in [1.165, 1.54) is 36.4 Å². The second-order valence-corrected chi connectivity index (χ2v) is 21.5. The van der Waals surface area contributed by atoms with E-state index >= 15 is 0 Å². The summed E-state index contributed by atoms with van der Waals surface area (Å²) in [5.41, 5.74) is 15.7. The van der Waals surface area contributed by atoms with E-state index in [-0.39, 0.29) is 59.9 Å². The van der Waals surface area contributed by atoms with Crippen LogP contribution in [0.3, 0.4) is 0 Å². The number of nitrogens with zero attached hydrogens (tertiary/aromatic N) is 4. The highest BCUT2D eigenvalue weighted by atomic mass is 32.2. The van der Waals surface area contributed by atoms with Crippen molar-refractivity contribution in [1.82, 2.24) is 0 Å². The van der Waals surface area contributed by atoms with Gasteiger partial charge in [0.2, 0.25) is 0 Å². The van der Waals surface area contributed by atoms with Crippen LogP contribution in [0.4, 0.5) is 45.5 Å². The minimum atomic E-state index is -4.79. The lowest BCUT2D eigenvalue weighted by molar-refractivity contribution is -0.432. The lowest BCUT2D eigenvalue weighted by Gasteiger charge is -2.17. The van der Waals surface area contributed by atoms with Crippen molar-refractivity contribution in [1.29, 1.82) is 0 Å². The molecule has 0 atom stereocenters. The third-order valence-electron chi connectivity index (χ3n) is 10.8. The van der Waals surface area contributed by atoms with Crippen LogP contribution in [0.5, 0.6) is 0 Å². The zero-order valence-electron chi connectivity index (χ0n) is 38.0. The molecule has 21 nitrogen and oxygen atoms in total. The summed E-state index contributed by atoms with van der Waals surface area (Å²) < 4.78 is 109. The molecule has 0 saturated carbocycles. The van der Waals surface area contributed by atoms with E-state index in [9.17, 15) is 38.9 Å². The molecule has 75 heavy (non-hydrogen) atoms. The first-order valence-corrected chi connectivity index (χ1v) is 27.1. The molecule has 11 N–H and O–H groups in total. The standard InChI is InChI=1S/C48H37N9O12S6/c49-45-37-7-3-1-5-35(37)43(74(62,63)64)25-39(45)56-54-31-17-11-27(12-18-31)28-13-19-32(20-14-28)55-57-40-26-44(75(65,66)67)36-6-2-4-8-38(36)46(40)53-48(71)52-33-21-15-29(41(23-33)72-69-68-58)9-10-30-16-22-34(51-47(50)70)24-42(30)73(59,60)61/h1-26,58H,49H2,(H3,50,51,70)(H2,52,53,71)(H,59,60,61)(H,62,63,64)(H,65,66,67)/b10-9+,56-54?,57-55?. The molecule has 0 heterocycles. The molecule has 382 valence electrons. The van der Waals surface area contributed by atoms with Gasteiger partial charge in [-0.15, -0.1) is 14.6 Å². The Morgan fingerprint density at radius 3 is 1.57 bits per heavy atom. The van der Waals surface area contributed by atoms with Gasteiger partial charge < -0.3 is 27.4 Å². The molecule has 27 heteroatoms. The summed E-state index contributed by atoms with van der Waals surface area (Å²) in [6.07, 6.45) is 2.92. The Morgan fingerprint density at radius 1 is 0.547 bits per heavy atom. The maximum Gasteiger partial charge on any atom is 0.295 e. The van der Waals surface area contributed by atoms with E-state index in [0.717, 1.165) is 29.3 Å². The van der Waals surface area contributed by atoms with Gasteiger partial charge in [-0.25, -0.2) is 5.26 Å². The Kier molecular flexibility index (Phi) is 16.1. The van der Waals surface area contributed by atoms with Crippen molar-refractivity contribution in [2.75, 3.05) is 21.7 Å². The summed E-state index contributed by atoms with van der Waals surface area (Å²) in [5.74, 6) is 0. The van der Waals surface area contributed by atoms with Gasteiger partial charge in [0.05, 0.1) is 34.8 Å². The minimum absolute atomic E-state index is 0.0146. The van der Waals surface area contributed by atoms with E-state index in [0.29, 0.717) is 50.3 Å². The molecule has 8 rings (SSSR count). The Bertz CT molecular complexity index is 4020. The lowest BCUT2D eigenvalue weighted by Crippen LogP contribution is -2.19. The minimum Gasteiger partial charge on any atom is -0.396 e. The summed E-state index contributed by atoms with van der Waals surface area (Å²) in [5, 5.41) is 39.6. The van der Waals surface area contributed by atoms with E-state index in [1.807, 2.05) is 0 Å². The molecular weight excluding hydrogens is 1090 g/mol. The Morgan fingerprint density at radius 2 is 1.03 bits per heavy atom. The summed E-state index contributed by atoms with van der Waals surface area (Å²) in [6.45, 7) is 0. The summed E-state index contributed by atoms with van der Waals surface area (Å²) in [4.78, 5) is -0.911. The van der Waals surface area contributed by atoms with Gasteiger partial charge in [0.15, 0.2) is 10.2 Å². The molecular formula is C48H37N9O12S6. The Hall–Kier alpha value is -7.64. The number of hydrogen-bond acceptors (Lipinski definition) is 17. The summed E-state index contributed by atoms with van der Waals surface area (Å²) in [6, 6.07) is 37.7. The largest absolute Gasteiger partial charge is 0.396 e. The van der Waals surface area contributed by atoms with Crippen molar-refractivity contribution in [3.8, 4) is 11.1 Å². The normalized spacial score (nSPS) is 12.3. The number of anilines is 4. The fourth-order valence-electron chi connectivity index (χ4n) is 7.51. The van der Waals surface area contributed by atoms with Gasteiger partial charge in [-0.3, -0.25) is 13.7 Å². The smallest absolute Gasteiger partial charge is 0.295 e. The molecule has 0 radical (unpaired) electrons. The van der Waals surface area contributed by atoms with Gasteiger partial charge in [0.25, 0.3) is 30.4 Å². The third-order valence-corrected chi connectivity index (χ3v) is 14.5. The van der Waals surface area contributed by atoms with Gasteiger partial charge in [-0.2, -0.15) is 35.5 Å². The van der Waals surface area contributed by atoms with Crippen LogP contribution in [-0.4, -0.2) is 54.4 Å². The molecule has 0 amide bonds. The van der Waals surface area contributed by atoms with Crippen molar-refractivity contribution in [2.45, 2.75) is 19.6 Å². The maximum atomic E-state index is 12.7. The average Bonchev–Trinajstić information content (AvgIpc) is 3.36. The SMILES string of the molecule is NC(=S)Nc1ccc(/C=C/c2ccc(NC(=S)Nc3c(N=Nc4ccc(-c5ccc(N=Nc6cc(S(=O)(=O)O)c7ccccc7c6N)cc5)cc4)cc(S(=O)(=O)O)c4ccccc34)cc2SOOO)c(S(=O)(=O)O)c1. The molecule has 0 aliphatic rings. The second-order valence-electron chi connectivity index (χ2n) is 15.7. The molecule has 0 saturated heterocycles. The number of nitrogens with one attached hydrogen (secondary N) is 3. The Balaban J connectivity index is 1.03. The first-order chi connectivity index (χ1) is 35.7. The topological polar surface area (TPSA) is 339 Å². The number of benzene rings is 8. The van der Waals surface area contributed by atoms with E-state index in [2.05, 4.69) is 41.4 Å². The Labute approximate surface area is 442 Å². The first kappa shape index (κ1) is 53.6. The molecule has 0 aliphatic carbocycles. The van der Waals surface area contributed by atoms with Crippen molar-refractivity contribution in [3.63, 3.8) is 0 Å². The van der Waals surface area contributed by atoms with Crippen LogP contribution in [0, 0.1) is 0 Å². The molecule has 8 aromatic carbocycles.